The molecule has 1 aliphatic rings. The molecule has 0 aromatic heterocycles. The number of morpholine rings is 1. The molecule has 0 amide bonds. The molecular formula is C14H19N3O. The molecule has 96 valence electrons. The summed E-state index contributed by atoms with van der Waals surface area (Å²) in [4.78, 5) is 2.12. The Bertz CT molecular complexity index is 447. The van der Waals surface area contributed by atoms with Crippen molar-refractivity contribution < 1.29 is 4.74 Å². The topological polar surface area (TPSA) is 48.3 Å². The zero-order valence-corrected chi connectivity index (χ0v) is 10.9. The number of hydrogen-bond acceptors (Lipinski definition) is 4. The van der Waals surface area contributed by atoms with Gasteiger partial charge in [-0.1, -0.05) is 12.1 Å². The van der Waals surface area contributed by atoms with Gasteiger partial charge in [0, 0.05) is 26.7 Å². The maximum absolute atomic E-state index is 9.18. The smallest absolute Gasteiger partial charge is 0.101 e. The van der Waals surface area contributed by atoms with Crippen LogP contribution in [-0.4, -0.2) is 39.4 Å². The van der Waals surface area contributed by atoms with Crippen LogP contribution in [0.15, 0.2) is 18.2 Å². The van der Waals surface area contributed by atoms with Crippen LogP contribution in [0.1, 0.15) is 11.1 Å². The highest BCUT2D eigenvalue weighted by molar-refractivity contribution is 5.63. The van der Waals surface area contributed by atoms with Crippen LogP contribution in [0.25, 0.3) is 0 Å². The van der Waals surface area contributed by atoms with Gasteiger partial charge in [0.2, 0.25) is 0 Å². The number of anilines is 1. The molecule has 4 heteroatoms. The lowest BCUT2D eigenvalue weighted by molar-refractivity contribution is 0.0340. The molecule has 0 radical (unpaired) electrons. The molecule has 1 unspecified atom stereocenters. The van der Waals surface area contributed by atoms with Crippen LogP contribution in [-0.2, 0) is 4.74 Å². The summed E-state index contributed by atoms with van der Waals surface area (Å²) in [7, 11) is 2.02. The third-order valence-electron chi connectivity index (χ3n) is 3.22. The Labute approximate surface area is 108 Å². The average molecular weight is 245 g/mol. The third-order valence-corrected chi connectivity index (χ3v) is 3.22. The van der Waals surface area contributed by atoms with Crippen molar-refractivity contribution >= 4 is 5.69 Å². The number of hydrogen-bond donors (Lipinski definition) is 1. The molecule has 1 atom stereocenters. The summed E-state index contributed by atoms with van der Waals surface area (Å²) in [5.74, 6) is 0. The number of likely N-dealkylation sites (N-methyl/N-ethyl adjacent to an activating group) is 1. The lowest BCUT2D eigenvalue weighted by Crippen LogP contribution is -2.44. The van der Waals surface area contributed by atoms with Crippen molar-refractivity contribution in [1.82, 2.24) is 5.32 Å². The second kappa shape index (κ2) is 5.85. The highest BCUT2D eigenvalue weighted by Crippen LogP contribution is 2.23. The summed E-state index contributed by atoms with van der Waals surface area (Å²) < 4.78 is 5.70. The first kappa shape index (κ1) is 12.9. The Kier molecular flexibility index (Phi) is 4.19. The Hall–Kier alpha value is -1.57. The lowest BCUT2D eigenvalue weighted by atomic mass is 10.1. The van der Waals surface area contributed by atoms with Gasteiger partial charge in [-0.25, -0.2) is 0 Å². The zero-order valence-electron chi connectivity index (χ0n) is 10.9. The third kappa shape index (κ3) is 2.81. The van der Waals surface area contributed by atoms with Gasteiger partial charge in [0.25, 0.3) is 0 Å². The van der Waals surface area contributed by atoms with Gasteiger partial charge in [-0.3, -0.25) is 0 Å². The summed E-state index contributed by atoms with van der Waals surface area (Å²) in [5, 5.41) is 12.5. The number of aryl methyl sites for hydroxylation is 1. The number of nitrogens with zero attached hydrogens (tertiary/aromatic N) is 2. The monoisotopic (exact) mass is 245 g/mol. The standard InChI is InChI=1S/C14H19N3O/c1-11-4-3-5-12(8-15)14(11)17(2)10-13-9-16-6-7-18-13/h3-5,13,16H,6-7,9-10H2,1-2H3. The van der Waals surface area contributed by atoms with Crippen LogP contribution in [0.4, 0.5) is 5.69 Å². The predicted molar refractivity (Wildman–Crippen MR) is 71.8 cm³/mol. The zero-order chi connectivity index (χ0) is 13.0. The number of para-hydroxylation sites is 1. The molecule has 1 aromatic carbocycles. The fraction of sp³-hybridized carbons (Fsp3) is 0.500. The first-order chi connectivity index (χ1) is 8.72. The Morgan fingerprint density at radius 1 is 1.56 bits per heavy atom. The van der Waals surface area contributed by atoms with Gasteiger partial charge in [-0.05, 0) is 18.6 Å². The summed E-state index contributed by atoms with van der Waals surface area (Å²) in [6.45, 7) is 5.39. The normalized spacial score (nSPS) is 19.3. The molecule has 1 aliphatic heterocycles. The van der Waals surface area contributed by atoms with E-state index >= 15 is 0 Å². The quantitative estimate of drug-likeness (QED) is 0.872. The number of ether oxygens (including phenoxy) is 1. The molecule has 1 heterocycles. The van der Waals surface area contributed by atoms with Crippen molar-refractivity contribution in [2.24, 2.45) is 0 Å². The largest absolute Gasteiger partial charge is 0.374 e. The number of nitrogens with one attached hydrogen (secondary N) is 1. The molecule has 0 aliphatic carbocycles. The summed E-state index contributed by atoms with van der Waals surface area (Å²) in [5.41, 5.74) is 2.86. The molecular weight excluding hydrogens is 226 g/mol. The van der Waals surface area contributed by atoms with E-state index in [0.717, 1.165) is 43.1 Å². The maximum atomic E-state index is 9.18. The summed E-state index contributed by atoms with van der Waals surface area (Å²) >= 11 is 0. The second-order valence-electron chi connectivity index (χ2n) is 4.66. The molecule has 1 fully saturated rings. The molecule has 18 heavy (non-hydrogen) atoms. The SMILES string of the molecule is Cc1cccc(C#N)c1N(C)CC1CNCCO1. The molecule has 1 saturated heterocycles. The highest BCUT2D eigenvalue weighted by atomic mass is 16.5. The van der Waals surface area contributed by atoms with E-state index in [4.69, 9.17) is 4.74 Å². The van der Waals surface area contributed by atoms with Crippen LogP contribution in [0.3, 0.4) is 0 Å². The van der Waals surface area contributed by atoms with E-state index in [0.29, 0.717) is 0 Å². The van der Waals surface area contributed by atoms with Gasteiger partial charge in [-0.15, -0.1) is 0 Å². The second-order valence-corrected chi connectivity index (χ2v) is 4.66. The molecule has 2 rings (SSSR count). The molecule has 1 N–H and O–H groups in total. The highest BCUT2D eigenvalue weighted by Gasteiger charge is 2.18. The van der Waals surface area contributed by atoms with Gasteiger partial charge < -0.3 is 15.0 Å². The van der Waals surface area contributed by atoms with Crippen molar-refractivity contribution in [1.29, 1.82) is 5.26 Å². The predicted octanol–water partition coefficient (Wildman–Crippen LogP) is 1.29. The number of benzene rings is 1. The Morgan fingerprint density at radius 2 is 2.39 bits per heavy atom. The fourth-order valence-electron chi connectivity index (χ4n) is 2.39. The van der Waals surface area contributed by atoms with Gasteiger partial charge in [0.05, 0.1) is 24.0 Å². The van der Waals surface area contributed by atoms with Gasteiger partial charge in [-0.2, -0.15) is 5.26 Å². The van der Waals surface area contributed by atoms with Crippen molar-refractivity contribution in [3.05, 3.63) is 29.3 Å². The summed E-state index contributed by atoms with van der Waals surface area (Å²) in [6.07, 6.45) is 0.190. The van der Waals surface area contributed by atoms with Crippen molar-refractivity contribution in [3.63, 3.8) is 0 Å². The van der Waals surface area contributed by atoms with E-state index in [2.05, 4.69) is 16.3 Å². The van der Waals surface area contributed by atoms with Crippen LogP contribution >= 0.6 is 0 Å². The molecule has 1 aromatic rings. The molecule has 4 nitrogen and oxygen atoms in total. The van der Waals surface area contributed by atoms with E-state index in [-0.39, 0.29) is 6.10 Å². The Morgan fingerprint density at radius 3 is 3.06 bits per heavy atom. The van der Waals surface area contributed by atoms with Gasteiger partial charge in [0.1, 0.15) is 6.07 Å². The van der Waals surface area contributed by atoms with Crippen molar-refractivity contribution in [2.75, 3.05) is 38.2 Å². The van der Waals surface area contributed by atoms with Crippen molar-refractivity contribution in [2.45, 2.75) is 13.0 Å². The van der Waals surface area contributed by atoms with Crippen LogP contribution in [0, 0.1) is 18.3 Å². The minimum Gasteiger partial charge on any atom is -0.374 e. The van der Waals surface area contributed by atoms with E-state index in [1.807, 2.05) is 32.2 Å². The molecule has 0 saturated carbocycles. The molecule has 0 spiro atoms. The first-order valence-corrected chi connectivity index (χ1v) is 6.25. The summed E-state index contributed by atoms with van der Waals surface area (Å²) in [6, 6.07) is 8.07. The van der Waals surface area contributed by atoms with E-state index in [1.54, 1.807) is 0 Å². The number of nitriles is 1. The maximum Gasteiger partial charge on any atom is 0.101 e. The minimum absolute atomic E-state index is 0.190. The van der Waals surface area contributed by atoms with Crippen LogP contribution in [0.2, 0.25) is 0 Å². The van der Waals surface area contributed by atoms with Gasteiger partial charge in [0.15, 0.2) is 0 Å². The fourth-order valence-corrected chi connectivity index (χ4v) is 2.39. The lowest BCUT2D eigenvalue weighted by Gasteiger charge is -2.30. The van der Waals surface area contributed by atoms with E-state index in [9.17, 15) is 5.26 Å². The minimum atomic E-state index is 0.190. The van der Waals surface area contributed by atoms with Gasteiger partial charge >= 0.3 is 0 Å². The Balaban J connectivity index is 2.13. The number of rotatable bonds is 3. The first-order valence-electron chi connectivity index (χ1n) is 6.25. The molecule has 0 bridgehead atoms. The van der Waals surface area contributed by atoms with E-state index < -0.39 is 0 Å². The average Bonchev–Trinajstić information content (AvgIpc) is 2.39. The van der Waals surface area contributed by atoms with Crippen molar-refractivity contribution in [3.8, 4) is 6.07 Å². The van der Waals surface area contributed by atoms with Crippen LogP contribution in [0.5, 0.6) is 0 Å². The van der Waals surface area contributed by atoms with Crippen LogP contribution < -0.4 is 10.2 Å². The van der Waals surface area contributed by atoms with E-state index in [1.165, 1.54) is 0 Å².